The van der Waals surface area contributed by atoms with Crippen LogP contribution in [-0.2, 0) is 0 Å². The molecule has 18 heavy (non-hydrogen) atoms. The molecule has 6 nitrogen and oxygen atoms in total. The van der Waals surface area contributed by atoms with Crippen molar-refractivity contribution in [1.29, 1.82) is 0 Å². The molecule has 2 heterocycles. The fourth-order valence-corrected chi connectivity index (χ4v) is 1.38. The van der Waals surface area contributed by atoms with Gasteiger partial charge in [-0.3, -0.25) is 9.78 Å². The van der Waals surface area contributed by atoms with Crippen molar-refractivity contribution in [2.24, 2.45) is 5.84 Å². The molecule has 4 N–H and O–H groups in total. The molecule has 6 heteroatoms. The van der Waals surface area contributed by atoms with E-state index in [-0.39, 0.29) is 11.6 Å². The lowest BCUT2D eigenvalue weighted by Crippen LogP contribution is -2.16. The highest BCUT2D eigenvalue weighted by Crippen LogP contribution is 2.09. The van der Waals surface area contributed by atoms with Crippen LogP contribution in [0, 0.1) is 6.92 Å². The van der Waals surface area contributed by atoms with Crippen LogP contribution in [0.1, 0.15) is 16.2 Å². The van der Waals surface area contributed by atoms with Gasteiger partial charge in [-0.2, -0.15) is 0 Å². The lowest BCUT2D eigenvalue weighted by Gasteiger charge is -2.05. The number of hydrogen-bond acceptors (Lipinski definition) is 5. The number of nitrogens with two attached hydrogens (primary N) is 1. The van der Waals surface area contributed by atoms with E-state index in [4.69, 9.17) is 5.84 Å². The number of nitrogens with one attached hydrogen (secondary N) is 2. The SMILES string of the molecule is Cc1ccc(NC(=O)c2cccc(NN)n2)cn1. The number of aryl methyl sites for hydroxylation is 1. The Bertz CT molecular complexity index is 553. The van der Waals surface area contributed by atoms with E-state index in [2.05, 4.69) is 20.7 Å². The molecule has 0 aliphatic rings. The van der Waals surface area contributed by atoms with Gasteiger partial charge in [0.1, 0.15) is 11.5 Å². The maximum absolute atomic E-state index is 11.9. The topological polar surface area (TPSA) is 92.9 Å². The number of nitrogens with zero attached hydrogens (tertiary/aromatic N) is 2. The summed E-state index contributed by atoms with van der Waals surface area (Å²) < 4.78 is 0. The van der Waals surface area contributed by atoms with Crippen LogP contribution >= 0.6 is 0 Å². The molecule has 0 bridgehead atoms. The summed E-state index contributed by atoms with van der Waals surface area (Å²) in [5.41, 5.74) is 4.19. The summed E-state index contributed by atoms with van der Waals surface area (Å²) in [6.45, 7) is 1.88. The van der Waals surface area contributed by atoms with Crippen molar-refractivity contribution in [2.75, 3.05) is 10.7 Å². The molecule has 0 aliphatic heterocycles. The zero-order valence-electron chi connectivity index (χ0n) is 9.84. The highest BCUT2D eigenvalue weighted by atomic mass is 16.1. The Kier molecular flexibility index (Phi) is 3.49. The Labute approximate surface area is 104 Å². The van der Waals surface area contributed by atoms with Crippen LogP contribution in [-0.4, -0.2) is 15.9 Å². The summed E-state index contributed by atoms with van der Waals surface area (Å²) in [7, 11) is 0. The van der Waals surface area contributed by atoms with Crippen LogP contribution in [0.4, 0.5) is 11.5 Å². The van der Waals surface area contributed by atoms with E-state index in [1.165, 1.54) is 0 Å². The average Bonchev–Trinajstić information content (AvgIpc) is 2.41. The van der Waals surface area contributed by atoms with Gasteiger partial charge in [-0.25, -0.2) is 10.8 Å². The summed E-state index contributed by atoms with van der Waals surface area (Å²) in [6.07, 6.45) is 1.60. The molecule has 0 fully saturated rings. The second-order valence-corrected chi connectivity index (χ2v) is 3.69. The summed E-state index contributed by atoms with van der Waals surface area (Å²) in [6, 6.07) is 8.58. The van der Waals surface area contributed by atoms with Gasteiger partial charge in [-0.05, 0) is 31.2 Å². The summed E-state index contributed by atoms with van der Waals surface area (Å²) in [5.74, 6) is 5.36. The van der Waals surface area contributed by atoms with Crippen molar-refractivity contribution in [1.82, 2.24) is 9.97 Å². The molecule has 2 rings (SSSR count). The van der Waals surface area contributed by atoms with Crippen LogP contribution in [0.3, 0.4) is 0 Å². The van der Waals surface area contributed by atoms with E-state index >= 15 is 0 Å². The Morgan fingerprint density at radius 2 is 2.11 bits per heavy atom. The number of amides is 1. The fourth-order valence-electron chi connectivity index (χ4n) is 1.38. The third-order valence-corrected chi connectivity index (χ3v) is 2.30. The van der Waals surface area contributed by atoms with E-state index in [1.54, 1.807) is 30.5 Å². The fraction of sp³-hybridized carbons (Fsp3) is 0.0833. The first-order valence-corrected chi connectivity index (χ1v) is 5.37. The van der Waals surface area contributed by atoms with Gasteiger partial charge < -0.3 is 10.7 Å². The molecular weight excluding hydrogens is 230 g/mol. The Balaban J connectivity index is 2.14. The van der Waals surface area contributed by atoms with Gasteiger partial charge in [-0.15, -0.1) is 0 Å². The van der Waals surface area contributed by atoms with Crippen LogP contribution in [0.5, 0.6) is 0 Å². The highest BCUT2D eigenvalue weighted by Gasteiger charge is 2.08. The minimum atomic E-state index is -0.308. The minimum absolute atomic E-state index is 0.283. The molecule has 1 amide bonds. The van der Waals surface area contributed by atoms with Crippen LogP contribution < -0.4 is 16.6 Å². The standard InChI is InChI=1S/C12H13N5O/c1-8-5-6-9(7-14-8)15-12(18)10-3-2-4-11(16-10)17-13/h2-7H,13H2,1H3,(H,15,18)(H,16,17). The summed E-state index contributed by atoms with van der Waals surface area (Å²) in [5, 5.41) is 2.70. The lowest BCUT2D eigenvalue weighted by molar-refractivity contribution is 0.102. The van der Waals surface area contributed by atoms with Gasteiger partial charge in [0, 0.05) is 5.69 Å². The lowest BCUT2D eigenvalue weighted by atomic mass is 10.3. The van der Waals surface area contributed by atoms with Crippen molar-refractivity contribution < 1.29 is 4.79 Å². The molecule has 2 aromatic heterocycles. The number of carbonyl (C=O) groups excluding carboxylic acids is 1. The van der Waals surface area contributed by atoms with Gasteiger partial charge in [0.25, 0.3) is 5.91 Å². The minimum Gasteiger partial charge on any atom is -0.319 e. The summed E-state index contributed by atoms with van der Waals surface area (Å²) in [4.78, 5) is 20.0. The summed E-state index contributed by atoms with van der Waals surface area (Å²) >= 11 is 0. The van der Waals surface area contributed by atoms with Crippen molar-refractivity contribution in [3.8, 4) is 0 Å². The molecule has 0 spiro atoms. The van der Waals surface area contributed by atoms with E-state index in [9.17, 15) is 4.79 Å². The van der Waals surface area contributed by atoms with Crippen LogP contribution in [0.15, 0.2) is 36.5 Å². The number of hydrogen-bond donors (Lipinski definition) is 3. The Hall–Kier alpha value is -2.47. The number of aromatic nitrogens is 2. The van der Waals surface area contributed by atoms with Gasteiger partial charge in [-0.1, -0.05) is 6.07 Å². The molecule has 92 valence electrons. The largest absolute Gasteiger partial charge is 0.319 e. The molecule has 0 aromatic carbocycles. The van der Waals surface area contributed by atoms with Gasteiger partial charge in [0.15, 0.2) is 0 Å². The maximum Gasteiger partial charge on any atom is 0.274 e. The predicted octanol–water partition coefficient (Wildman–Crippen LogP) is 1.32. The second kappa shape index (κ2) is 5.24. The van der Waals surface area contributed by atoms with Crippen LogP contribution in [0.2, 0.25) is 0 Å². The first-order chi connectivity index (χ1) is 8.69. The van der Waals surface area contributed by atoms with E-state index in [0.29, 0.717) is 11.5 Å². The molecular formula is C12H13N5O. The molecule has 2 aromatic rings. The number of rotatable bonds is 3. The number of anilines is 2. The predicted molar refractivity (Wildman–Crippen MR) is 69.0 cm³/mol. The molecule has 0 aliphatic carbocycles. The zero-order chi connectivity index (χ0) is 13.0. The van der Waals surface area contributed by atoms with Crippen molar-refractivity contribution in [3.05, 3.63) is 47.9 Å². The van der Waals surface area contributed by atoms with Crippen molar-refractivity contribution in [3.63, 3.8) is 0 Å². The number of pyridine rings is 2. The van der Waals surface area contributed by atoms with Crippen molar-refractivity contribution >= 4 is 17.4 Å². The van der Waals surface area contributed by atoms with Gasteiger partial charge >= 0.3 is 0 Å². The Morgan fingerprint density at radius 1 is 1.28 bits per heavy atom. The first-order valence-electron chi connectivity index (χ1n) is 5.37. The third kappa shape index (κ3) is 2.80. The molecule has 0 saturated carbocycles. The first kappa shape index (κ1) is 12.0. The van der Waals surface area contributed by atoms with Crippen LogP contribution in [0.25, 0.3) is 0 Å². The molecule has 0 saturated heterocycles. The number of carbonyl (C=O) groups is 1. The van der Waals surface area contributed by atoms with E-state index in [1.807, 2.05) is 13.0 Å². The van der Waals surface area contributed by atoms with Crippen molar-refractivity contribution in [2.45, 2.75) is 6.92 Å². The third-order valence-electron chi connectivity index (χ3n) is 2.30. The monoisotopic (exact) mass is 243 g/mol. The molecule has 0 atom stereocenters. The maximum atomic E-state index is 11.9. The van der Waals surface area contributed by atoms with Gasteiger partial charge in [0.2, 0.25) is 0 Å². The zero-order valence-corrected chi connectivity index (χ0v) is 9.84. The number of nitrogen functional groups attached to an aromatic ring is 1. The van der Waals surface area contributed by atoms with E-state index < -0.39 is 0 Å². The second-order valence-electron chi connectivity index (χ2n) is 3.69. The number of hydrazine groups is 1. The van der Waals surface area contributed by atoms with E-state index in [0.717, 1.165) is 5.69 Å². The quantitative estimate of drug-likeness (QED) is 0.558. The Morgan fingerprint density at radius 3 is 2.78 bits per heavy atom. The normalized spacial score (nSPS) is 9.89. The molecule has 0 radical (unpaired) electrons. The molecule has 0 unspecified atom stereocenters. The smallest absolute Gasteiger partial charge is 0.274 e. The highest BCUT2D eigenvalue weighted by molar-refractivity contribution is 6.02. The van der Waals surface area contributed by atoms with Gasteiger partial charge in [0.05, 0.1) is 11.9 Å². The average molecular weight is 243 g/mol.